The molecular weight excluding hydrogens is 500 g/mol. The number of hydrogen-bond acceptors (Lipinski definition) is 6. The van der Waals surface area contributed by atoms with Gasteiger partial charge in [-0.15, -0.1) is 0 Å². The molecule has 1 unspecified atom stereocenters. The van der Waals surface area contributed by atoms with Gasteiger partial charge in [-0.05, 0) is 47.2 Å². The van der Waals surface area contributed by atoms with E-state index in [1.807, 2.05) is 30.3 Å². The molecule has 0 radical (unpaired) electrons. The van der Waals surface area contributed by atoms with Crippen molar-refractivity contribution in [3.05, 3.63) is 106 Å². The van der Waals surface area contributed by atoms with Crippen molar-refractivity contribution in [3.63, 3.8) is 0 Å². The number of carbonyl (C=O) groups excluding carboxylic acids is 3. The molecule has 2 aliphatic rings. The SMILES string of the molecule is O=C1NC(=O)/C(=C\c2ccc(OCC(=O)N3N=C(c4ccccc4)CC3c3ccc(F)cc3F)cc2)S1. The van der Waals surface area contributed by atoms with E-state index in [9.17, 15) is 23.2 Å². The summed E-state index contributed by atoms with van der Waals surface area (Å²) in [5.41, 5.74) is 2.24. The van der Waals surface area contributed by atoms with Gasteiger partial charge in [-0.2, -0.15) is 5.10 Å². The predicted molar refractivity (Wildman–Crippen MR) is 135 cm³/mol. The van der Waals surface area contributed by atoms with Crippen molar-refractivity contribution in [1.29, 1.82) is 0 Å². The summed E-state index contributed by atoms with van der Waals surface area (Å²) in [5.74, 6) is -2.01. The first kappa shape index (κ1) is 24.4. The summed E-state index contributed by atoms with van der Waals surface area (Å²) < 4.78 is 33.8. The molecule has 186 valence electrons. The molecule has 1 atom stereocenters. The van der Waals surface area contributed by atoms with Crippen molar-refractivity contribution in [2.24, 2.45) is 5.10 Å². The summed E-state index contributed by atoms with van der Waals surface area (Å²) in [6.45, 7) is -0.363. The van der Waals surface area contributed by atoms with Crippen molar-refractivity contribution in [1.82, 2.24) is 10.3 Å². The number of thioether (sulfide) groups is 1. The number of hydrazone groups is 1. The lowest BCUT2D eigenvalue weighted by Gasteiger charge is -2.22. The highest BCUT2D eigenvalue weighted by Gasteiger charge is 2.35. The Balaban J connectivity index is 1.31. The van der Waals surface area contributed by atoms with Gasteiger partial charge in [0, 0.05) is 18.1 Å². The lowest BCUT2D eigenvalue weighted by molar-refractivity contribution is -0.135. The fourth-order valence-electron chi connectivity index (χ4n) is 4.00. The van der Waals surface area contributed by atoms with Crippen molar-refractivity contribution in [3.8, 4) is 5.75 Å². The molecule has 37 heavy (non-hydrogen) atoms. The molecule has 0 aromatic heterocycles. The summed E-state index contributed by atoms with van der Waals surface area (Å²) in [5, 5.41) is 7.41. The Kier molecular flexibility index (Phi) is 6.82. The van der Waals surface area contributed by atoms with E-state index in [1.165, 1.54) is 11.1 Å². The molecule has 2 heterocycles. The highest BCUT2D eigenvalue weighted by Crippen LogP contribution is 2.34. The number of hydrogen-bond donors (Lipinski definition) is 1. The van der Waals surface area contributed by atoms with Crippen molar-refractivity contribution in [2.45, 2.75) is 12.5 Å². The van der Waals surface area contributed by atoms with Crippen LogP contribution in [-0.2, 0) is 9.59 Å². The minimum Gasteiger partial charge on any atom is -0.484 e. The van der Waals surface area contributed by atoms with E-state index in [4.69, 9.17) is 4.74 Å². The van der Waals surface area contributed by atoms with Gasteiger partial charge in [0.15, 0.2) is 6.61 Å². The Bertz CT molecular complexity index is 1440. The Morgan fingerprint density at radius 1 is 1.08 bits per heavy atom. The summed E-state index contributed by atoms with van der Waals surface area (Å²) in [6.07, 6.45) is 1.83. The second-order valence-corrected chi connectivity index (χ2v) is 9.26. The Morgan fingerprint density at radius 2 is 1.84 bits per heavy atom. The molecule has 1 N–H and O–H groups in total. The highest BCUT2D eigenvalue weighted by atomic mass is 32.2. The fourth-order valence-corrected chi connectivity index (χ4v) is 4.69. The minimum absolute atomic E-state index is 0.161. The van der Waals surface area contributed by atoms with Gasteiger partial charge in [-0.1, -0.05) is 48.5 Å². The van der Waals surface area contributed by atoms with E-state index < -0.39 is 34.7 Å². The molecule has 0 bridgehead atoms. The van der Waals surface area contributed by atoms with E-state index in [2.05, 4.69) is 10.4 Å². The molecule has 1 saturated heterocycles. The molecule has 7 nitrogen and oxygen atoms in total. The van der Waals surface area contributed by atoms with Gasteiger partial charge in [0.25, 0.3) is 17.1 Å². The summed E-state index contributed by atoms with van der Waals surface area (Å²) in [4.78, 5) is 36.4. The van der Waals surface area contributed by atoms with Crippen LogP contribution in [0.5, 0.6) is 5.75 Å². The van der Waals surface area contributed by atoms with Crippen LogP contribution in [-0.4, -0.2) is 34.4 Å². The Hall–Kier alpha value is -4.31. The number of rotatable bonds is 6. The highest BCUT2D eigenvalue weighted by molar-refractivity contribution is 8.18. The molecule has 0 spiro atoms. The van der Waals surface area contributed by atoms with Crippen LogP contribution in [0.25, 0.3) is 6.08 Å². The van der Waals surface area contributed by atoms with Gasteiger partial charge in [0.05, 0.1) is 16.7 Å². The Morgan fingerprint density at radius 3 is 2.51 bits per heavy atom. The van der Waals surface area contributed by atoms with Gasteiger partial charge in [0.1, 0.15) is 17.4 Å². The number of carbonyl (C=O) groups is 3. The first-order valence-corrected chi connectivity index (χ1v) is 12.1. The number of nitrogens with one attached hydrogen (secondary N) is 1. The van der Waals surface area contributed by atoms with Crippen LogP contribution in [0.15, 0.2) is 82.8 Å². The first-order valence-electron chi connectivity index (χ1n) is 11.2. The third-order valence-corrected chi connectivity index (χ3v) is 6.59. The third kappa shape index (κ3) is 5.44. The van der Waals surface area contributed by atoms with Crippen molar-refractivity contribution >= 4 is 40.6 Å². The van der Waals surface area contributed by atoms with Gasteiger partial charge < -0.3 is 4.74 Å². The fraction of sp³-hybridized carbons (Fsp3) is 0.111. The van der Waals surface area contributed by atoms with Crippen LogP contribution in [0, 0.1) is 11.6 Å². The number of imide groups is 1. The number of amides is 3. The van der Waals surface area contributed by atoms with Crippen LogP contribution in [0.1, 0.15) is 29.2 Å². The number of ether oxygens (including phenoxy) is 1. The average molecular weight is 520 g/mol. The molecule has 5 rings (SSSR count). The average Bonchev–Trinajstić information content (AvgIpc) is 3.47. The smallest absolute Gasteiger partial charge is 0.290 e. The second kappa shape index (κ2) is 10.4. The largest absolute Gasteiger partial charge is 0.484 e. The van der Waals surface area contributed by atoms with E-state index >= 15 is 0 Å². The normalized spacial score (nSPS) is 18.2. The van der Waals surface area contributed by atoms with Gasteiger partial charge >= 0.3 is 0 Å². The first-order chi connectivity index (χ1) is 17.9. The van der Waals surface area contributed by atoms with Crippen molar-refractivity contribution < 1.29 is 27.9 Å². The molecule has 0 aliphatic carbocycles. The van der Waals surface area contributed by atoms with Crippen LogP contribution in [0.2, 0.25) is 0 Å². The molecule has 3 amide bonds. The lowest BCUT2D eigenvalue weighted by atomic mass is 9.98. The summed E-state index contributed by atoms with van der Waals surface area (Å²) in [6, 6.07) is 18.4. The van der Waals surface area contributed by atoms with E-state index in [0.29, 0.717) is 17.0 Å². The summed E-state index contributed by atoms with van der Waals surface area (Å²) in [7, 11) is 0. The molecule has 10 heteroatoms. The zero-order valence-corrected chi connectivity index (χ0v) is 20.0. The van der Waals surface area contributed by atoms with E-state index in [1.54, 1.807) is 30.3 Å². The van der Waals surface area contributed by atoms with E-state index in [-0.39, 0.29) is 23.5 Å². The molecular formula is C27H19F2N3O4S. The maximum absolute atomic E-state index is 14.6. The zero-order valence-electron chi connectivity index (χ0n) is 19.2. The van der Waals surface area contributed by atoms with E-state index in [0.717, 1.165) is 29.5 Å². The van der Waals surface area contributed by atoms with Crippen molar-refractivity contribution in [2.75, 3.05) is 6.61 Å². The number of benzene rings is 3. The number of nitrogens with zero attached hydrogens (tertiary/aromatic N) is 2. The van der Waals surface area contributed by atoms with Crippen LogP contribution >= 0.6 is 11.8 Å². The molecule has 3 aromatic carbocycles. The summed E-state index contributed by atoms with van der Waals surface area (Å²) >= 11 is 0.820. The van der Waals surface area contributed by atoms with Crippen LogP contribution < -0.4 is 10.1 Å². The Labute approximate surface area is 214 Å². The maximum atomic E-state index is 14.6. The van der Waals surface area contributed by atoms with Gasteiger partial charge in [-0.25, -0.2) is 13.8 Å². The molecule has 1 fully saturated rings. The number of halogens is 2. The quantitative estimate of drug-likeness (QED) is 0.461. The lowest BCUT2D eigenvalue weighted by Crippen LogP contribution is -2.32. The molecule has 3 aromatic rings. The minimum atomic E-state index is -0.756. The van der Waals surface area contributed by atoms with Gasteiger partial charge in [0.2, 0.25) is 0 Å². The molecule has 0 saturated carbocycles. The van der Waals surface area contributed by atoms with Crippen LogP contribution in [0.4, 0.5) is 13.6 Å². The predicted octanol–water partition coefficient (Wildman–Crippen LogP) is 5.05. The van der Waals surface area contributed by atoms with Crippen LogP contribution in [0.3, 0.4) is 0 Å². The zero-order chi connectivity index (χ0) is 25.9. The maximum Gasteiger partial charge on any atom is 0.290 e. The molecule has 2 aliphatic heterocycles. The third-order valence-electron chi connectivity index (χ3n) is 5.78. The second-order valence-electron chi connectivity index (χ2n) is 8.25. The standard InChI is InChI=1S/C27H19F2N3O4S/c28-18-8-11-20(21(29)13-18)23-14-22(17-4-2-1-3-5-17)31-32(23)25(33)15-36-19-9-6-16(7-10-19)12-24-26(34)30-27(35)37-24/h1-13,23H,14-15H2,(H,30,34,35)/b24-12+. The monoisotopic (exact) mass is 519 g/mol. The topological polar surface area (TPSA) is 88.1 Å². The van der Waals surface area contributed by atoms with Gasteiger partial charge in [-0.3, -0.25) is 19.7 Å².